The average molecular weight is 289 g/mol. The van der Waals surface area contributed by atoms with Crippen molar-refractivity contribution in [2.75, 3.05) is 18.1 Å². The molecule has 1 aliphatic heterocycles. The number of carboxylic acids is 1. The van der Waals surface area contributed by atoms with Gasteiger partial charge in [0, 0.05) is 0 Å². The van der Waals surface area contributed by atoms with E-state index >= 15 is 0 Å². The number of para-hydroxylation sites is 2. The van der Waals surface area contributed by atoms with Crippen LogP contribution in [0.3, 0.4) is 0 Å². The molecule has 1 aromatic rings. The van der Waals surface area contributed by atoms with E-state index in [4.69, 9.17) is 4.74 Å². The number of benzene rings is 1. The molecule has 0 aromatic heterocycles. The molecule has 2 atom stereocenters. The van der Waals surface area contributed by atoms with Crippen LogP contribution in [0.1, 0.15) is 25.7 Å². The summed E-state index contributed by atoms with van der Waals surface area (Å²) in [6, 6.07) is 7.42. The standard InChI is InChI=1S/C16H19NO4/c18-15(11-5-1-2-6-12(11)16(19)20)17-9-10-21-14-8-4-3-7-13(14)17/h3-4,7-8,11-12H,1-2,5-6,9-10H2,(H,19,20)/t11-,12+/m1/s1. The smallest absolute Gasteiger partial charge is 0.307 e. The van der Waals surface area contributed by atoms with Gasteiger partial charge in [0.25, 0.3) is 0 Å². The Morgan fingerprint density at radius 2 is 1.86 bits per heavy atom. The monoisotopic (exact) mass is 289 g/mol. The maximum absolute atomic E-state index is 12.8. The molecule has 1 aromatic carbocycles. The predicted octanol–water partition coefficient (Wildman–Crippen LogP) is 2.30. The highest BCUT2D eigenvalue weighted by Gasteiger charge is 2.39. The Labute approximate surface area is 123 Å². The van der Waals surface area contributed by atoms with Crippen molar-refractivity contribution in [2.45, 2.75) is 25.7 Å². The van der Waals surface area contributed by atoms with Gasteiger partial charge in [-0.2, -0.15) is 0 Å². The van der Waals surface area contributed by atoms with Crippen LogP contribution in [0.15, 0.2) is 24.3 Å². The summed E-state index contributed by atoms with van der Waals surface area (Å²) in [5, 5.41) is 9.36. The summed E-state index contributed by atoms with van der Waals surface area (Å²) in [5.74, 6) is -1.20. The van der Waals surface area contributed by atoms with Gasteiger partial charge in [0.15, 0.2) is 0 Å². The number of hydrogen-bond acceptors (Lipinski definition) is 3. The molecule has 112 valence electrons. The third-order valence-corrected chi connectivity index (χ3v) is 4.39. The first-order valence-corrected chi connectivity index (χ1v) is 7.44. The molecular weight excluding hydrogens is 270 g/mol. The van der Waals surface area contributed by atoms with Gasteiger partial charge in [-0.15, -0.1) is 0 Å². The van der Waals surface area contributed by atoms with Gasteiger partial charge in [-0.3, -0.25) is 9.59 Å². The van der Waals surface area contributed by atoms with Crippen LogP contribution >= 0.6 is 0 Å². The second-order valence-electron chi connectivity index (χ2n) is 5.64. The highest BCUT2D eigenvalue weighted by molar-refractivity contribution is 5.98. The van der Waals surface area contributed by atoms with Crippen molar-refractivity contribution in [3.8, 4) is 5.75 Å². The predicted molar refractivity (Wildman–Crippen MR) is 77.4 cm³/mol. The minimum Gasteiger partial charge on any atom is -0.490 e. The zero-order valence-corrected chi connectivity index (χ0v) is 11.8. The number of anilines is 1. The number of rotatable bonds is 2. The molecule has 5 heteroatoms. The van der Waals surface area contributed by atoms with Crippen LogP contribution in [0.4, 0.5) is 5.69 Å². The van der Waals surface area contributed by atoms with E-state index in [0.29, 0.717) is 31.7 Å². The minimum absolute atomic E-state index is 0.0714. The lowest BCUT2D eigenvalue weighted by Gasteiger charge is -2.35. The van der Waals surface area contributed by atoms with Gasteiger partial charge >= 0.3 is 5.97 Å². The third-order valence-electron chi connectivity index (χ3n) is 4.39. The summed E-state index contributed by atoms with van der Waals surface area (Å²) >= 11 is 0. The lowest BCUT2D eigenvalue weighted by Crippen LogP contribution is -2.45. The Balaban J connectivity index is 1.86. The Hall–Kier alpha value is -2.04. The maximum Gasteiger partial charge on any atom is 0.307 e. The van der Waals surface area contributed by atoms with E-state index < -0.39 is 17.8 Å². The van der Waals surface area contributed by atoms with Crippen LogP contribution in [0.2, 0.25) is 0 Å². The van der Waals surface area contributed by atoms with Crippen LogP contribution in [0.25, 0.3) is 0 Å². The topological polar surface area (TPSA) is 66.8 Å². The molecule has 0 radical (unpaired) electrons. The fourth-order valence-corrected chi connectivity index (χ4v) is 3.32. The summed E-state index contributed by atoms with van der Waals surface area (Å²) < 4.78 is 5.56. The zero-order valence-electron chi connectivity index (χ0n) is 11.8. The Bertz CT molecular complexity index is 557. The molecule has 21 heavy (non-hydrogen) atoms. The Kier molecular flexibility index (Phi) is 3.82. The number of ether oxygens (including phenoxy) is 1. The van der Waals surface area contributed by atoms with Crippen molar-refractivity contribution in [1.29, 1.82) is 0 Å². The van der Waals surface area contributed by atoms with E-state index in [1.807, 2.05) is 24.3 Å². The molecule has 1 amide bonds. The summed E-state index contributed by atoms with van der Waals surface area (Å²) in [7, 11) is 0. The van der Waals surface area contributed by atoms with Gasteiger partial charge in [-0.1, -0.05) is 25.0 Å². The number of amides is 1. The normalized spacial score (nSPS) is 24.9. The van der Waals surface area contributed by atoms with E-state index in [1.165, 1.54) is 0 Å². The average Bonchev–Trinajstić information content (AvgIpc) is 2.53. The number of carboxylic acid groups (broad SMARTS) is 1. The molecule has 2 aliphatic rings. The minimum atomic E-state index is -0.852. The van der Waals surface area contributed by atoms with E-state index in [0.717, 1.165) is 18.5 Å². The number of hydrogen-bond donors (Lipinski definition) is 1. The van der Waals surface area contributed by atoms with Crippen molar-refractivity contribution in [1.82, 2.24) is 0 Å². The molecule has 1 N–H and O–H groups in total. The highest BCUT2D eigenvalue weighted by Crippen LogP contribution is 2.36. The number of carbonyl (C=O) groups is 2. The summed E-state index contributed by atoms with van der Waals surface area (Å²) in [6.45, 7) is 0.936. The second kappa shape index (κ2) is 5.76. The van der Waals surface area contributed by atoms with Crippen LogP contribution in [0, 0.1) is 11.8 Å². The lowest BCUT2D eigenvalue weighted by atomic mass is 9.78. The van der Waals surface area contributed by atoms with Crippen molar-refractivity contribution in [3.05, 3.63) is 24.3 Å². The maximum atomic E-state index is 12.8. The van der Waals surface area contributed by atoms with E-state index in [9.17, 15) is 14.7 Å². The number of aliphatic carboxylic acids is 1. The van der Waals surface area contributed by atoms with Crippen molar-refractivity contribution in [2.24, 2.45) is 11.8 Å². The summed E-state index contributed by atoms with van der Waals surface area (Å²) in [5.41, 5.74) is 0.753. The Morgan fingerprint density at radius 1 is 1.14 bits per heavy atom. The molecule has 0 bridgehead atoms. The van der Waals surface area contributed by atoms with Gasteiger partial charge in [-0.05, 0) is 25.0 Å². The number of fused-ring (bicyclic) bond motifs is 1. The van der Waals surface area contributed by atoms with Gasteiger partial charge in [0.05, 0.1) is 24.1 Å². The van der Waals surface area contributed by atoms with E-state index in [1.54, 1.807) is 4.90 Å². The van der Waals surface area contributed by atoms with Gasteiger partial charge in [-0.25, -0.2) is 0 Å². The van der Waals surface area contributed by atoms with Gasteiger partial charge < -0.3 is 14.7 Å². The quantitative estimate of drug-likeness (QED) is 0.907. The van der Waals surface area contributed by atoms with E-state index in [-0.39, 0.29) is 5.91 Å². The fourth-order valence-electron chi connectivity index (χ4n) is 3.32. The second-order valence-corrected chi connectivity index (χ2v) is 5.64. The van der Waals surface area contributed by atoms with Crippen molar-refractivity contribution < 1.29 is 19.4 Å². The first-order chi connectivity index (χ1) is 10.2. The summed E-state index contributed by atoms with van der Waals surface area (Å²) in [6.07, 6.45) is 3.07. The van der Waals surface area contributed by atoms with Gasteiger partial charge in [0.1, 0.15) is 12.4 Å². The van der Waals surface area contributed by atoms with E-state index in [2.05, 4.69) is 0 Å². The molecule has 1 saturated carbocycles. The van der Waals surface area contributed by atoms with Crippen molar-refractivity contribution >= 4 is 17.6 Å². The first kappa shape index (κ1) is 13.9. The third kappa shape index (κ3) is 2.60. The first-order valence-electron chi connectivity index (χ1n) is 7.44. The molecule has 5 nitrogen and oxygen atoms in total. The molecule has 3 rings (SSSR count). The van der Waals surface area contributed by atoms with Crippen LogP contribution in [0.5, 0.6) is 5.75 Å². The van der Waals surface area contributed by atoms with Crippen LogP contribution in [-0.2, 0) is 9.59 Å². The van der Waals surface area contributed by atoms with Crippen LogP contribution < -0.4 is 9.64 Å². The lowest BCUT2D eigenvalue weighted by molar-refractivity contribution is -0.148. The Morgan fingerprint density at radius 3 is 2.62 bits per heavy atom. The number of carbonyl (C=O) groups excluding carboxylic acids is 1. The molecule has 1 fully saturated rings. The fraction of sp³-hybridized carbons (Fsp3) is 0.500. The number of nitrogens with zero attached hydrogens (tertiary/aromatic N) is 1. The van der Waals surface area contributed by atoms with Crippen molar-refractivity contribution in [3.63, 3.8) is 0 Å². The molecule has 0 unspecified atom stereocenters. The molecule has 0 saturated heterocycles. The SMILES string of the molecule is O=C(O)[C@H]1CCCC[C@H]1C(=O)N1CCOc2ccccc21. The zero-order chi connectivity index (χ0) is 14.8. The molecule has 1 heterocycles. The summed E-state index contributed by atoms with van der Waals surface area (Å²) in [4.78, 5) is 25.9. The molecule has 0 spiro atoms. The molecular formula is C16H19NO4. The molecule has 1 aliphatic carbocycles. The largest absolute Gasteiger partial charge is 0.490 e. The highest BCUT2D eigenvalue weighted by atomic mass is 16.5. The van der Waals surface area contributed by atoms with Gasteiger partial charge in [0.2, 0.25) is 5.91 Å². The van der Waals surface area contributed by atoms with Crippen LogP contribution in [-0.4, -0.2) is 30.1 Å².